The van der Waals surface area contributed by atoms with Gasteiger partial charge in [-0.1, -0.05) is 36.4 Å². The highest BCUT2D eigenvalue weighted by molar-refractivity contribution is 5.96. The van der Waals surface area contributed by atoms with E-state index in [0.29, 0.717) is 0 Å². The third-order valence-corrected chi connectivity index (χ3v) is 3.80. The first-order chi connectivity index (χ1) is 11.1. The van der Waals surface area contributed by atoms with Crippen LogP contribution in [0.15, 0.2) is 36.4 Å². The molecule has 0 unspecified atom stereocenters. The van der Waals surface area contributed by atoms with Crippen molar-refractivity contribution < 1.29 is 19.1 Å². The minimum Gasteiger partial charge on any atom is -0.465 e. The standard InChI is InChI=1S/C19H22O4/c1-4-22-18(20)17(19(21)23-5-2)12-14-11-10-13(3)15-8-6-7-9-16(14)15/h6-11,17H,4-5,12H2,1-3H3. The normalized spacial score (nSPS) is 10.8. The van der Waals surface area contributed by atoms with Gasteiger partial charge in [0.2, 0.25) is 0 Å². The van der Waals surface area contributed by atoms with Gasteiger partial charge in [-0.05, 0) is 49.1 Å². The molecule has 23 heavy (non-hydrogen) atoms. The number of esters is 2. The lowest BCUT2D eigenvalue weighted by Crippen LogP contribution is -2.30. The molecule has 2 aromatic rings. The Morgan fingerprint density at radius 2 is 1.48 bits per heavy atom. The van der Waals surface area contributed by atoms with Crippen molar-refractivity contribution in [3.05, 3.63) is 47.5 Å². The zero-order valence-electron chi connectivity index (χ0n) is 13.8. The van der Waals surface area contributed by atoms with Crippen molar-refractivity contribution in [2.75, 3.05) is 13.2 Å². The second-order valence-corrected chi connectivity index (χ2v) is 5.35. The van der Waals surface area contributed by atoms with E-state index in [9.17, 15) is 9.59 Å². The summed E-state index contributed by atoms with van der Waals surface area (Å²) in [6, 6.07) is 11.9. The van der Waals surface area contributed by atoms with Crippen LogP contribution in [0.1, 0.15) is 25.0 Å². The third kappa shape index (κ3) is 3.89. The predicted molar refractivity (Wildman–Crippen MR) is 89.1 cm³/mol. The molecule has 4 heteroatoms. The highest BCUT2D eigenvalue weighted by Gasteiger charge is 2.30. The van der Waals surface area contributed by atoms with Crippen LogP contribution in [0, 0.1) is 12.8 Å². The minimum atomic E-state index is -0.930. The Morgan fingerprint density at radius 1 is 0.913 bits per heavy atom. The largest absolute Gasteiger partial charge is 0.465 e. The van der Waals surface area contributed by atoms with E-state index in [1.807, 2.05) is 43.3 Å². The number of hydrogen-bond acceptors (Lipinski definition) is 4. The molecule has 0 N–H and O–H groups in total. The molecule has 2 aromatic carbocycles. The molecule has 122 valence electrons. The lowest BCUT2D eigenvalue weighted by Gasteiger charge is -2.16. The first-order valence-electron chi connectivity index (χ1n) is 7.89. The number of carbonyl (C=O) groups excluding carboxylic acids is 2. The van der Waals surface area contributed by atoms with Gasteiger partial charge in [-0.3, -0.25) is 9.59 Å². The summed E-state index contributed by atoms with van der Waals surface area (Å²) < 4.78 is 10.1. The third-order valence-electron chi connectivity index (χ3n) is 3.80. The van der Waals surface area contributed by atoms with Crippen molar-refractivity contribution >= 4 is 22.7 Å². The summed E-state index contributed by atoms with van der Waals surface area (Å²) >= 11 is 0. The molecule has 0 saturated heterocycles. The van der Waals surface area contributed by atoms with Gasteiger partial charge >= 0.3 is 11.9 Å². The van der Waals surface area contributed by atoms with Crippen LogP contribution in [0.5, 0.6) is 0 Å². The predicted octanol–water partition coefficient (Wildman–Crippen LogP) is 3.43. The SMILES string of the molecule is CCOC(=O)C(Cc1ccc(C)c2ccccc12)C(=O)OCC. The van der Waals surface area contributed by atoms with E-state index in [-0.39, 0.29) is 19.6 Å². The zero-order valence-corrected chi connectivity index (χ0v) is 13.8. The molecule has 0 atom stereocenters. The smallest absolute Gasteiger partial charge is 0.320 e. The molecule has 0 amide bonds. The maximum atomic E-state index is 12.1. The summed E-state index contributed by atoms with van der Waals surface area (Å²) in [5.41, 5.74) is 2.10. The molecular formula is C19H22O4. The molecule has 0 aliphatic rings. The van der Waals surface area contributed by atoms with Gasteiger partial charge in [0.15, 0.2) is 5.92 Å². The molecular weight excluding hydrogens is 292 g/mol. The topological polar surface area (TPSA) is 52.6 Å². The van der Waals surface area contributed by atoms with Crippen molar-refractivity contribution in [2.45, 2.75) is 27.2 Å². The Labute approximate surface area is 136 Å². The summed E-state index contributed by atoms with van der Waals surface area (Å²) in [6.07, 6.45) is 0.276. The molecule has 0 aliphatic heterocycles. The molecule has 0 saturated carbocycles. The highest BCUT2D eigenvalue weighted by Crippen LogP contribution is 2.25. The Hall–Kier alpha value is -2.36. The monoisotopic (exact) mass is 314 g/mol. The molecule has 0 fully saturated rings. The Balaban J connectivity index is 2.38. The highest BCUT2D eigenvalue weighted by atomic mass is 16.6. The van der Waals surface area contributed by atoms with Crippen LogP contribution in [-0.4, -0.2) is 25.2 Å². The lowest BCUT2D eigenvalue weighted by molar-refractivity contribution is -0.161. The van der Waals surface area contributed by atoms with Crippen LogP contribution in [0.2, 0.25) is 0 Å². The molecule has 4 nitrogen and oxygen atoms in total. The quantitative estimate of drug-likeness (QED) is 0.605. The lowest BCUT2D eigenvalue weighted by atomic mass is 9.93. The Bertz CT molecular complexity index is 688. The van der Waals surface area contributed by atoms with Gasteiger partial charge in [0.1, 0.15) is 0 Å². The minimum absolute atomic E-state index is 0.239. The summed E-state index contributed by atoms with van der Waals surface area (Å²) in [6.45, 7) is 5.97. The van der Waals surface area contributed by atoms with Gasteiger partial charge in [-0.25, -0.2) is 0 Å². The van der Waals surface area contributed by atoms with E-state index in [1.54, 1.807) is 13.8 Å². The first kappa shape index (κ1) is 17.0. The van der Waals surface area contributed by atoms with Crippen LogP contribution in [-0.2, 0) is 25.5 Å². The van der Waals surface area contributed by atoms with Gasteiger partial charge in [0.05, 0.1) is 13.2 Å². The van der Waals surface area contributed by atoms with Gasteiger partial charge in [-0.15, -0.1) is 0 Å². The average Bonchev–Trinajstić information content (AvgIpc) is 2.55. The first-order valence-corrected chi connectivity index (χ1v) is 7.89. The van der Waals surface area contributed by atoms with E-state index in [1.165, 1.54) is 0 Å². The van der Waals surface area contributed by atoms with Crippen molar-refractivity contribution in [3.63, 3.8) is 0 Å². The van der Waals surface area contributed by atoms with Gasteiger partial charge in [-0.2, -0.15) is 0 Å². The number of benzene rings is 2. The number of carbonyl (C=O) groups is 2. The second-order valence-electron chi connectivity index (χ2n) is 5.35. The van der Waals surface area contributed by atoms with Gasteiger partial charge < -0.3 is 9.47 Å². The molecule has 2 rings (SSSR count). The number of aryl methyl sites for hydroxylation is 1. The van der Waals surface area contributed by atoms with Crippen molar-refractivity contribution in [1.82, 2.24) is 0 Å². The maximum Gasteiger partial charge on any atom is 0.320 e. The van der Waals surface area contributed by atoms with E-state index in [4.69, 9.17) is 9.47 Å². The number of ether oxygens (including phenoxy) is 2. The maximum absolute atomic E-state index is 12.1. The fourth-order valence-corrected chi connectivity index (χ4v) is 2.66. The zero-order chi connectivity index (χ0) is 16.8. The molecule has 0 aliphatic carbocycles. The summed E-state index contributed by atoms with van der Waals surface area (Å²) in [5, 5.41) is 2.17. The van der Waals surface area contributed by atoms with Crippen LogP contribution in [0.3, 0.4) is 0 Å². The fraction of sp³-hybridized carbons (Fsp3) is 0.368. The van der Waals surface area contributed by atoms with Crippen molar-refractivity contribution in [2.24, 2.45) is 5.92 Å². The fourth-order valence-electron chi connectivity index (χ4n) is 2.66. The Kier molecular flexibility index (Phi) is 5.74. The number of rotatable bonds is 6. The molecule has 0 aromatic heterocycles. The van der Waals surface area contributed by atoms with Gasteiger partial charge in [0, 0.05) is 0 Å². The second kappa shape index (κ2) is 7.77. The molecule has 0 radical (unpaired) electrons. The molecule has 0 spiro atoms. The van der Waals surface area contributed by atoms with Gasteiger partial charge in [0.25, 0.3) is 0 Å². The van der Waals surface area contributed by atoms with Crippen LogP contribution >= 0.6 is 0 Å². The van der Waals surface area contributed by atoms with Crippen molar-refractivity contribution in [1.29, 1.82) is 0 Å². The molecule has 0 bridgehead atoms. The number of fused-ring (bicyclic) bond motifs is 1. The van der Waals surface area contributed by atoms with E-state index >= 15 is 0 Å². The summed E-state index contributed by atoms with van der Waals surface area (Å²) in [4.78, 5) is 24.3. The summed E-state index contributed by atoms with van der Waals surface area (Å²) in [5.74, 6) is -1.99. The van der Waals surface area contributed by atoms with E-state index < -0.39 is 17.9 Å². The van der Waals surface area contributed by atoms with Crippen molar-refractivity contribution in [3.8, 4) is 0 Å². The van der Waals surface area contributed by atoms with Crippen LogP contribution in [0.4, 0.5) is 0 Å². The van der Waals surface area contributed by atoms with E-state index in [0.717, 1.165) is 21.9 Å². The summed E-state index contributed by atoms with van der Waals surface area (Å²) in [7, 11) is 0. The Morgan fingerprint density at radius 3 is 2.04 bits per heavy atom. The van der Waals surface area contributed by atoms with Crippen LogP contribution < -0.4 is 0 Å². The van der Waals surface area contributed by atoms with Crippen LogP contribution in [0.25, 0.3) is 10.8 Å². The average molecular weight is 314 g/mol. The molecule has 0 heterocycles. The number of hydrogen-bond donors (Lipinski definition) is 0. The van der Waals surface area contributed by atoms with E-state index in [2.05, 4.69) is 0 Å².